The van der Waals surface area contributed by atoms with Gasteiger partial charge >= 0.3 is 12.1 Å². The number of carbonyl (C=O) groups excluding carboxylic acids is 1. The second-order valence-corrected chi connectivity index (χ2v) is 3.80. The first-order valence-electron chi connectivity index (χ1n) is 4.79. The Morgan fingerprint density at radius 2 is 2.20 bits per heavy atom. The fourth-order valence-electron chi connectivity index (χ4n) is 1.93. The van der Waals surface area contributed by atoms with Crippen molar-refractivity contribution < 1.29 is 19.4 Å². The molecule has 0 aromatic rings. The maximum atomic E-state index is 11.3. The third kappa shape index (κ3) is 2.38. The van der Waals surface area contributed by atoms with Crippen LogP contribution >= 0.6 is 0 Å². The van der Waals surface area contributed by atoms with Gasteiger partial charge in [0.05, 0.1) is 13.5 Å². The number of hydrogen-bond acceptors (Lipinski definition) is 4. The highest BCUT2D eigenvalue weighted by Crippen LogP contribution is 2.25. The number of methoxy groups -OCH3 is 1. The van der Waals surface area contributed by atoms with Gasteiger partial charge in [-0.2, -0.15) is 0 Å². The number of amides is 1. The molecule has 0 aliphatic carbocycles. The summed E-state index contributed by atoms with van der Waals surface area (Å²) in [6.07, 6.45) is -0.468. The zero-order chi connectivity index (χ0) is 11.6. The first-order valence-corrected chi connectivity index (χ1v) is 4.79. The number of likely N-dealkylation sites (tertiary alicyclic amines) is 1. The minimum atomic E-state index is -0.894. The second kappa shape index (κ2) is 4.48. The quantitative estimate of drug-likeness (QED) is 0.671. The average Bonchev–Trinajstić information content (AvgIpc) is 2.44. The van der Waals surface area contributed by atoms with Crippen LogP contribution in [0.3, 0.4) is 0 Å². The summed E-state index contributed by atoms with van der Waals surface area (Å²) >= 11 is 0. The van der Waals surface area contributed by atoms with Crippen LogP contribution in [0.1, 0.15) is 13.3 Å². The highest BCUT2D eigenvalue weighted by Gasteiger charge is 2.40. The summed E-state index contributed by atoms with van der Waals surface area (Å²) in [7, 11) is 1.30. The standard InChI is InChI=1S/C9H16N2O4/c1-5-8(10)6(3-7(12)13)4-11(5)9(14)15-2/h5-6,8H,3-4,10H2,1-2H3,(H,12,13). The number of nitrogens with two attached hydrogens (primary N) is 1. The highest BCUT2D eigenvalue weighted by atomic mass is 16.5. The molecule has 3 atom stereocenters. The average molecular weight is 216 g/mol. The molecule has 6 heteroatoms. The summed E-state index contributed by atoms with van der Waals surface area (Å²) in [5, 5.41) is 8.67. The molecule has 3 N–H and O–H groups in total. The van der Waals surface area contributed by atoms with Crippen molar-refractivity contribution in [3.8, 4) is 0 Å². The zero-order valence-electron chi connectivity index (χ0n) is 8.84. The van der Waals surface area contributed by atoms with E-state index in [1.807, 2.05) is 0 Å². The van der Waals surface area contributed by atoms with Crippen LogP contribution in [-0.4, -0.2) is 47.8 Å². The lowest BCUT2D eigenvalue weighted by molar-refractivity contribution is -0.138. The van der Waals surface area contributed by atoms with E-state index in [4.69, 9.17) is 10.8 Å². The normalized spacial score (nSPS) is 30.3. The molecule has 0 aromatic carbocycles. The van der Waals surface area contributed by atoms with E-state index in [0.29, 0.717) is 6.54 Å². The van der Waals surface area contributed by atoms with Gasteiger partial charge < -0.3 is 20.5 Å². The molecule has 3 unspecified atom stereocenters. The Hall–Kier alpha value is -1.30. The molecule has 0 saturated carbocycles. The Morgan fingerprint density at radius 3 is 2.67 bits per heavy atom. The topological polar surface area (TPSA) is 92.9 Å². The number of carboxylic acids is 1. The number of aliphatic carboxylic acids is 1. The highest BCUT2D eigenvalue weighted by molar-refractivity contribution is 5.70. The minimum Gasteiger partial charge on any atom is -0.481 e. The molecule has 1 amide bonds. The lowest BCUT2D eigenvalue weighted by atomic mass is 9.97. The Morgan fingerprint density at radius 1 is 1.60 bits per heavy atom. The lowest BCUT2D eigenvalue weighted by Crippen LogP contribution is -2.41. The van der Waals surface area contributed by atoms with Crippen molar-refractivity contribution in [1.82, 2.24) is 4.90 Å². The summed E-state index contributed by atoms with van der Waals surface area (Å²) in [6.45, 7) is 2.14. The first kappa shape index (κ1) is 11.8. The molecule has 1 aliphatic rings. The molecule has 1 fully saturated rings. The molecule has 0 spiro atoms. The van der Waals surface area contributed by atoms with Gasteiger partial charge in [-0.3, -0.25) is 4.79 Å². The van der Waals surface area contributed by atoms with Crippen LogP contribution < -0.4 is 5.73 Å². The molecule has 6 nitrogen and oxygen atoms in total. The molecule has 1 rings (SSSR count). The number of ether oxygens (including phenoxy) is 1. The van der Waals surface area contributed by atoms with Gasteiger partial charge in [0.25, 0.3) is 0 Å². The van der Waals surface area contributed by atoms with Crippen LogP contribution in [-0.2, 0) is 9.53 Å². The van der Waals surface area contributed by atoms with E-state index in [1.165, 1.54) is 12.0 Å². The van der Waals surface area contributed by atoms with Gasteiger partial charge in [-0.1, -0.05) is 0 Å². The van der Waals surface area contributed by atoms with Gasteiger partial charge in [-0.25, -0.2) is 4.79 Å². The fraction of sp³-hybridized carbons (Fsp3) is 0.778. The van der Waals surface area contributed by atoms with Crippen LogP contribution in [0.15, 0.2) is 0 Å². The maximum absolute atomic E-state index is 11.3. The zero-order valence-corrected chi connectivity index (χ0v) is 8.84. The molecule has 15 heavy (non-hydrogen) atoms. The Kier molecular flexibility index (Phi) is 3.52. The maximum Gasteiger partial charge on any atom is 0.409 e. The molecule has 0 bridgehead atoms. The van der Waals surface area contributed by atoms with E-state index < -0.39 is 12.1 Å². The van der Waals surface area contributed by atoms with Gasteiger partial charge in [0.15, 0.2) is 0 Å². The van der Waals surface area contributed by atoms with Crippen LogP contribution in [0.2, 0.25) is 0 Å². The third-order valence-electron chi connectivity index (χ3n) is 2.87. The van der Waals surface area contributed by atoms with E-state index >= 15 is 0 Å². The molecule has 1 aliphatic heterocycles. The van der Waals surface area contributed by atoms with Crippen LogP contribution in [0.5, 0.6) is 0 Å². The number of rotatable bonds is 2. The van der Waals surface area contributed by atoms with E-state index in [1.54, 1.807) is 6.92 Å². The number of carboxylic acid groups (broad SMARTS) is 1. The lowest BCUT2D eigenvalue weighted by Gasteiger charge is -2.21. The van der Waals surface area contributed by atoms with Crippen molar-refractivity contribution in [2.75, 3.05) is 13.7 Å². The summed E-state index contributed by atoms with van der Waals surface area (Å²) in [5.41, 5.74) is 5.84. The number of nitrogens with zero attached hydrogens (tertiary/aromatic N) is 1. The number of carbonyl (C=O) groups is 2. The molecular formula is C9H16N2O4. The van der Waals surface area contributed by atoms with Crippen LogP contribution in [0, 0.1) is 5.92 Å². The van der Waals surface area contributed by atoms with Crippen LogP contribution in [0.25, 0.3) is 0 Å². The molecular weight excluding hydrogens is 200 g/mol. The molecule has 0 aromatic heterocycles. The second-order valence-electron chi connectivity index (χ2n) is 3.80. The Balaban J connectivity index is 2.67. The van der Waals surface area contributed by atoms with Crippen molar-refractivity contribution in [2.45, 2.75) is 25.4 Å². The van der Waals surface area contributed by atoms with E-state index in [-0.39, 0.29) is 24.4 Å². The minimum absolute atomic E-state index is 0.0149. The van der Waals surface area contributed by atoms with Gasteiger partial charge in [0, 0.05) is 24.5 Å². The third-order valence-corrected chi connectivity index (χ3v) is 2.87. The van der Waals surface area contributed by atoms with Crippen LogP contribution in [0.4, 0.5) is 4.79 Å². The van der Waals surface area contributed by atoms with Gasteiger partial charge in [0.1, 0.15) is 0 Å². The van der Waals surface area contributed by atoms with Crippen molar-refractivity contribution in [1.29, 1.82) is 0 Å². The summed E-state index contributed by atoms with van der Waals surface area (Å²) < 4.78 is 4.59. The van der Waals surface area contributed by atoms with E-state index in [2.05, 4.69) is 4.74 Å². The Bertz CT molecular complexity index is 269. The predicted octanol–water partition coefficient (Wildman–Crippen LogP) is -0.125. The van der Waals surface area contributed by atoms with E-state index in [9.17, 15) is 9.59 Å². The molecule has 1 heterocycles. The molecule has 0 radical (unpaired) electrons. The van der Waals surface area contributed by atoms with Gasteiger partial charge in [-0.05, 0) is 6.92 Å². The van der Waals surface area contributed by atoms with E-state index in [0.717, 1.165) is 0 Å². The number of hydrogen-bond donors (Lipinski definition) is 2. The largest absolute Gasteiger partial charge is 0.481 e. The van der Waals surface area contributed by atoms with Crippen molar-refractivity contribution in [2.24, 2.45) is 11.7 Å². The van der Waals surface area contributed by atoms with Gasteiger partial charge in [-0.15, -0.1) is 0 Å². The van der Waals surface area contributed by atoms with Crippen molar-refractivity contribution >= 4 is 12.1 Å². The van der Waals surface area contributed by atoms with Crippen molar-refractivity contribution in [3.05, 3.63) is 0 Å². The Labute approximate surface area is 88.0 Å². The molecule has 1 saturated heterocycles. The monoisotopic (exact) mass is 216 g/mol. The summed E-state index contributed by atoms with van der Waals surface area (Å²) in [4.78, 5) is 23.3. The SMILES string of the molecule is COC(=O)N1CC(CC(=O)O)C(N)C1C. The molecule has 86 valence electrons. The van der Waals surface area contributed by atoms with Crippen molar-refractivity contribution in [3.63, 3.8) is 0 Å². The predicted molar refractivity (Wildman–Crippen MR) is 52.3 cm³/mol. The first-order chi connectivity index (χ1) is 6.97. The fourth-order valence-corrected chi connectivity index (χ4v) is 1.93. The summed E-state index contributed by atoms with van der Waals surface area (Å²) in [6, 6.07) is -0.484. The summed E-state index contributed by atoms with van der Waals surface area (Å²) in [5.74, 6) is -1.09. The van der Waals surface area contributed by atoms with Gasteiger partial charge in [0.2, 0.25) is 0 Å². The smallest absolute Gasteiger partial charge is 0.409 e.